The highest BCUT2D eigenvalue weighted by molar-refractivity contribution is 5.87. The van der Waals surface area contributed by atoms with Crippen LogP contribution in [0.4, 0.5) is 5.69 Å². The smallest absolute Gasteiger partial charge is 0.130 e. The van der Waals surface area contributed by atoms with Crippen LogP contribution in [-0.4, -0.2) is 24.8 Å². The van der Waals surface area contributed by atoms with Gasteiger partial charge in [-0.1, -0.05) is 0 Å². The quantitative estimate of drug-likeness (QED) is 0.821. The van der Waals surface area contributed by atoms with Crippen LogP contribution in [-0.2, 0) is 4.74 Å². The molecule has 0 saturated carbocycles. The van der Waals surface area contributed by atoms with Crippen LogP contribution in [0.3, 0.4) is 0 Å². The number of benzene rings is 1. The van der Waals surface area contributed by atoms with E-state index in [1.807, 2.05) is 31.2 Å². The number of anilines is 1. The maximum absolute atomic E-state index is 5.80. The first-order valence-corrected chi connectivity index (χ1v) is 5.50. The van der Waals surface area contributed by atoms with Gasteiger partial charge in [0.05, 0.1) is 12.1 Å². The van der Waals surface area contributed by atoms with Gasteiger partial charge >= 0.3 is 0 Å². The number of ether oxygens (including phenoxy) is 2. The van der Waals surface area contributed by atoms with Crippen LogP contribution >= 0.6 is 0 Å². The molecule has 2 rings (SSSR count). The minimum atomic E-state index is 0.00292. The first-order valence-electron chi connectivity index (χ1n) is 5.50. The summed E-state index contributed by atoms with van der Waals surface area (Å²) in [5.74, 6) is 0.805. The average Bonchev–Trinajstić information content (AvgIpc) is 2.29. The van der Waals surface area contributed by atoms with Gasteiger partial charge in [-0.15, -0.1) is 0 Å². The average molecular weight is 232 g/mol. The number of nitrogens with two attached hydrogens (primary N) is 1. The van der Waals surface area contributed by atoms with E-state index in [-0.39, 0.29) is 6.10 Å². The highest BCUT2D eigenvalue weighted by Gasteiger charge is 2.07. The minimum absolute atomic E-state index is 0.00292. The lowest BCUT2D eigenvalue weighted by Crippen LogP contribution is -2.18. The zero-order chi connectivity index (χ0) is 12.3. The molecule has 0 saturated heterocycles. The molecule has 0 aliphatic carbocycles. The van der Waals surface area contributed by atoms with Gasteiger partial charge in [0.15, 0.2) is 0 Å². The molecule has 0 aliphatic rings. The van der Waals surface area contributed by atoms with Crippen molar-refractivity contribution in [2.45, 2.75) is 13.0 Å². The topological polar surface area (TPSA) is 57.4 Å². The van der Waals surface area contributed by atoms with Crippen LogP contribution < -0.4 is 10.5 Å². The van der Waals surface area contributed by atoms with E-state index in [0.717, 1.165) is 16.7 Å². The summed E-state index contributed by atoms with van der Waals surface area (Å²) in [6, 6.07) is 7.46. The SMILES string of the molecule is COCC(C)Oc1ccnc2cc(N)ccc12. The second-order valence-electron chi connectivity index (χ2n) is 3.97. The van der Waals surface area contributed by atoms with E-state index in [1.165, 1.54) is 0 Å². The number of fused-ring (bicyclic) bond motifs is 1. The van der Waals surface area contributed by atoms with Crippen LogP contribution in [0.25, 0.3) is 10.9 Å². The third kappa shape index (κ3) is 2.65. The Hall–Kier alpha value is -1.81. The van der Waals surface area contributed by atoms with E-state index in [9.17, 15) is 0 Å². The molecular formula is C13H16N2O2. The number of hydrogen-bond acceptors (Lipinski definition) is 4. The highest BCUT2D eigenvalue weighted by Crippen LogP contribution is 2.26. The number of hydrogen-bond donors (Lipinski definition) is 1. The number of nitrogens with zero attached hydrogens (tertiary/aromatic N) is 1. The lowest BCUT2D eigenvalue weighted by molar-refractivity contribution is 0.0930. The van der Waals surface area contributed by atoms with Crippen molar-refractivity contribution in [2.24, 2.45) is 0 Å². The maximum atomic E-state index is 5.80. The summed E-state index contributed by atoms with van der Waals surface area (Å²) in [4.78, 5) is 4.26. The summed E-state index contributed by atoms with van der Waals surface area (Å²) in [5.41, 5.74) is 7.26. The van der Waals surface area contributed by atoms with Crippen molar-refractivity contribution in [3.8, 4) is 5.75 Å². The molecule has 90 valence electrons. The summed E-state index contributed by atoms with van der Waals surface area (Å²) in [6.45, 7) is 2.52. The molecule has 2 N–H and O–H groups in total. The largest absolute Gasteiger partial charge is 0.488 e. The minimum Gasteiger partial charge on any atom is -0.488 e. The van der Waals surface area contributed by atoms with E-state index < -0.39 is 0 Å². The lowest BCUT2D eigenvalue weighted by Gasteiger charge is -2.15. The van der Waals surface area contributed by atoms with Gasteiger partial charge in [-0.05, 0) is 31.2 Å². The Morgan fingerprint density at radius 3 is 2.94 bits per heavy atom. The fourth-order valence-corrected chi connectivity index (χ4v) is 1.73. The molecule has 1 aromatic heterocycles. The number of rotatable bonds is 4. The van der Waals surface area contributed by atoms with E-state index in [0.29, 0.717) is 12.3 Å². The Morgan fingerprint density at radius 2 is 2.18 bits per heavy atom. The van der Waals surface area contributed by atoms with Crippen molar-refractivity contribution < 1.29 is 9.47 Å². The normalized spacial score (nSPS) is 12.6. The van der Waals surface area contributed by atoms with Gasteiger partial charge in [-0.25, -0.2) is 0 Å². The number of methoxy groups -OCH3 is 1. The number of aromatic nitrogens is 1. The second kappa shape index (κ2) is 5.01. The molecule has 0 radical (unpaired) electrons. The number of nitrogen functional groups attached to an aromatic ring is 1. The zero-order valence-electron chi connectivity index (χ0n) is 10.0. The molecule has 0 aliphatic heterocycles. The molecule has 1 atom stereocenters. The molecule has 4 nitrogen and oxygen atoms in total. The Bertz CT molecular complexity index is 514. The molecule has 4 heteroatoms. The van der Waals surface area contributed by atoms with Crippen molar-refractivity contribution in [1.82, 2.24) is 4.98 Å². The van der Waals surface area contributed by atoms with Crippen LogP contribution in [0.1, 0.15) is 6.92 Å². The molecule has 0 fully saturated rings. The summed E-state index contributed by atoms with van der Waals surface area (Å²) in [7, 11) is 1.66. The third-order valence-electron chi connectivity index (χ3n) is 2.46. The van der Waals surface area contributed by atoms with Gasteiger partial charge in [0.2, 0.25) is 0 Å². The van der Waals surface area contributed by atoms with Gasteiger partial charge in [0.25, 0.3) is 0 Å². The standard InChI is InChI=1S/C13H16N2O2/c1-9(8-16-2)17-13-5-6-15-12-7-10(14)3-4-11(12)13/h3-7,9H,8,14H2,1-2H3. The molecule has 17 heavy (non-hydrogen) atoms. The van der Waals surface area contributed by atoms with Crippen LogP contribution in [0.2, 0.25) is 0 Å². The molecule has 0 bridgehead atoms. The Morgan fingerprint density at radius 1 is 1.35 bits per heavy atom. The van der Waals surface area contributed by atoms with Gasteiger partial charge in [-0.3, -0.25) is 4.98 Å². The van der Waals surface area contributed by atoms with Crippen LogP contribution in [0.15, 0.2) is 30.5 Å². The summed E-state index contributed by atoms with van der Waals surface area (Å²) in [6.07, 6.45) is 1.72. The lowest BCUT2D eigenvalue weighted by atomic mass is 10.2. The van der Waals surface area contributed by atoms with Crippen molar-refractivity contribution in [2.75, 3.05) is 19.5 Å². The molecule has 0 spiro atoms. The summed E-state index contributed by atoms with van der Waals surface area (Å²) < 4.78 is 10.8. The molecular weight excluding hydrogens is 216 g/mol. The monoisotopic (exact) mass is 232 g/mol. The van der Waals surface area contributed by atoms with E-state index in [1.54, 1.807) is 13.3 Å². The van der Waals surface area contributed by atoms with Gasteiger partial charge in [-0.2, -0.15) is 0 Å². The van der Waals surface area contributed by atoms with Crippen LogP contribution in [0, 0.1) is 0 Å². The molecule has 2 aromatic rings. The zero-order valence-corrected chi connectivity index (χ0v) is 10.0. The first-order chi connectivity index (χ1) is 8.20. The van der Waals surface area contributed by atoms with E-state index in [2.05, 4.69) is 4.98 Å². The van der Waals surface area contributed by atoms with Crippen molar-refractivity contribution in [3.63, 3.8) is 0 Å². The fourth-order valence-electron chi connectivity index (χ4n) is 1.73. The third-order valence-corrected chi connectivity index (χ3v) is 2.46. The van der Waals surface area contributed by atoms with E-state index >= 15 is 0 Å². The van der Waals surface area contributed by atoms with Gasteiger partial charge in [0, 0.05) is 24.4 Å². The maximum Gasteiger partial charge on any atom is 0.130 e. The van der Waals surface area contributed by atoms with Crippen LogP contribution in [0.5, 0.6) is 5.75 Å². The molecule has 1 unspecified atom stereocenters. The van der Waals surface area contributed by atoms with Crippen molar-refractivity contribution in [1.29, 1.82) is 0 Å². The Balaban J connectivity index is 2.34. The fraction of sp³-hybridized carbons (Fsp3) is 0.308. The Kier molecular flexibility index (Phi) is 3.44. The predicted octanol–water partition coefficient (Wildman–Crippen LogP) is 2.23. The highest BCUT2D eigenvalue weighted by atomic mass is 16.5. The predicted molar refractivity (Wildman–Crippen MR) is 68.1 cm³/mol. The van der Waals surface area contributed by atoms with Gasteiger partial charge < -0.3 is 15.2 Å². The van der Waals surface area contributed by atoms with Gasteiger partial charge in [0.1, 0.15) is 11.9 Å². The first kappa shape index (κ1) is 11.7. The second-order valence-corrected chi connectivity index (χ2v) is 3.97. The molecule has 1 heterocycles. The van der Waals surface area contributed by atoms with E-state index in [4.69, 9.17) is 15.2 Å². The van der Waals surface area contributed by atoms with Crippen molar-refractivity contribution >= 4 is 16.6 Å². The Labute approximate surface area is 100 Å². The molecule has 1 aromatic carbocycles. The number of pyridine rings is 1. The molecule has 0 amide bonds. The summed E-state index contributed by atoms with van der Waals surface area (Å²) >= 11 is 0. The van der Waals surface area contributed by atoms with Crippen molar-refractivity contribution in [3.05, 3.63) is 30.5 Å². The summed E-state index contributed by atoms with van der Waals surface area (Å²) in [5, 5.41) is 0.963.